The fraction of sp³-hybridized carbons (Fsp3) is 0.400. The first-order valence-corrected chi connectivity index (χ1v) is 16.0. The molecule has 4 aromatic rings. The van der Waals surface area contributed by atoms with Crippen molar-refractivity contribution in [3.63, 3.8) is 0 Å². The largest absolute Gasteiger partial charge is 0.378 e. The third-order valence-corrected chi connectivity index (χ3v) is 9.08. The van der Waals surface area contributed by atoms with Gasteiger partial charge in [0.05, 0.1) is 44.0 Å². The summed E-state index contributed by atoms with van der Waals surface area (Å²) >= 11 is 0. The molecule has 0 spiro atoms. The van der Waals surface area contributed by atoms with Crippen molar-refractivity contribution in [2.45, 2.75) is 6.42 Å². The molecule has 0 bridgehead atoms. The van der Waals surface area contributed by atoms with E-state index in [4.69, 9.17) is 14.5 Å². The number of imidazole rings is 1. The fourth-order valence-corrected chi connectivity index (χ4v) is 6.37. The second-order valence-electron chi connectivity index (χ2n) is 12.0. The number of hydrogen-bond donors (Lipinski definition) is 1. The van der Waals surface area contributed by atoms with Crippen LogP contribution in [-0.4, -0.2) is 117 Å². The van der Waals surface area contributed by atoms with Gasteiger partial charge in [0.2, 0.25) is 5.91 Å². The van der Waals surface area contributed by atoms with Crippen LogP contribution in [0.4, 0.5) is 11.4 Å². The average molecular weight is 609 g/mol. The third kappa shape index (κ3) is 6.88. The Labute approximate surface area is 263 Å². The number of aromatic nitrogens is 2. The van der Waals surface area contributed by atoms with E-state index in [0.29, 0.717) is 39.3 Å². The Balaban J connectivity index is 0.942. The molecule has 0 radical (unpaired) electrons. The number of ketones is 1. The van der Waals surface area contributed by atoms with Crippen molar-refractivity contribution in [3.05, 3.63) is 77.9 Å². The van der Waals surface area contributed by atoms with Crippen LogP contribution in [0.15, 0.2) is 66.7 Å². The van der Waals surface area contributed by atoms with Crippen molar-refractivity contribution >= 4 is 34.1 Å². The lowest BCUT2D eigenvalue weighted by molar-refractivity contribution is -0.136. The number of nitrogens with zero attached hydrogens (tertiary/aromatic N) is 5. The van der Waals surface area contributed by atoms with Gasteiger partial charge in [-0.05, 0) is 66.2 Å². The molecule has 0 atom stereocenters. The van der Waals surface area contributed by atoms with Gasteiger partial charge in [0.15, 0.2) is 5.78 Å². The van der Waals surface area contributed by atoms with Crippen LogP contribution in [0.5, 0.6) is 0 Å². The molecule has 3 fully saturated rings. The monoisotopic (exact) mass is 608 g/mol. The summed E-state index contributed by atoms with van der Waals surface area (Å²) in [7, 11) is 0. The average Bonchev–Trinajstić information content (AvgIpc) is 3.53. The van der Waals surface area contributed by atoms with Crippen LogP contribution >= 0.6 is 0 Å². The Bertz CT molecular complexity index is 1620. The van der Waals surface area contributed by atoms with E-state index < -0.39 is 0 Å². The van der Waals surface area contributed by atoms with Crippen LogP contribution in [0.1, 0.15) is 15.9 Å². The maximum absolute atomic E-state index is 13.1. The molecule has 1 amide bonds. The van der Waals surface area contributed by atoms with Gasteiger partial charge in [-0.15, -0.1) is 0 Å². The van der Waals surface area contributed by atoms with Crippen molar-refractivity contribution in [3.8, 4) is 11.4 Å². The number of fused-ring (bicyclic) bond motifs is 1. The van der Waals surface area contributed by atoms with Gasteiger partial charge >= 0.3 is 0 Å². The maximum Gasteiger partial charge on any atom is 0.236 e. The molecule has 3 aromatic carbocycles. The van der Waals surface area contributed by atoms with Gasteiger partial charge in [-0.25, -0.2) is 4.98 Å². The minimum atomic E-state index is 0.0998. The number of carbonyl (C=O) groups excluding carboxylic acids is 2. The number of H-pyrrole nitrogens is 1. The quantitative estimate of drug-likeness (QED) is 0.304. The summed E-state index contributed by atoms with van der Waals surface area (Å²) in [6.45, 7) is 9.89. The molecule has 10 nitrogen and oxygen atoms in total. The van der Waals surface area contributed by atoms with E-state index in [9.17, 15) is 9.59 Å². The number of ether oxygens (including phenoxy) is 2. The summed E-state index contributed by atoms with van der Waals surface area (Å²) < 4.78 is 10.8. The van der Waals surface area contributed by atoms with E-state index in [1.54, 1.807) is 0 Å². The molecule has 7 rings (SSSR count). The molecular formula is C35H40N6O4. The van der Waals surface area contributed by atoms with Gasteiger partial charge in [0.25, 0.3) is 0 Å². The van der Waals surface area contributed by atoms with Crippen molar-refractivity contribution in [2.75, 3.05) is 95.1 Å². The smallest absolute Gasteiger partial charge is 0.236 e. The maximum atomic E-state index is 13.1. The number of anilines is 2. The normalized spacial score (nSPS) is 18.0. The summed E-state index contributed by atoms with van der Waals surface area (Å²) in [6.07, 6.45) is 0.338. The fourth-order valence-electron chi connectivity index (χ4n) is 6.37. The molecule has 10 heteroatoms. The molecular weight excluding hydrogens is 568 g/mol. The topological polar surface area (TPSA) is 94.2 Å². The predicted molar refractivity (Wildman–Crippen MR) is 175 cm³/mol. The summed E-state index contributed by atoms with van der Waals surface area (Å²) in [5.74, 6) is 1.11. The second-order valence-corrected chi connectivity index (χ2v) is 12.0. The highest BCUT2D eigenvalue weighted by Gasteiger charge is 2.23. The number of Topliss-reactive ketones (excluding diaryl/α,β-unsaturated/α-hetero) is 1. The molecule has 0 aliphatic carbocycles. The number of carbonyl (C=O) groups is 2. The van der Waals surface area contributed by atoms with Crippen LogP contribution in [0.3, 0.4) is 0 Å². The summed E-state index contributed by atoms with van der Waals surface area (Å²) in [4.78, 5) is 42.8. The van der Waals surface area contributed by atoms with E-state index in [-0.39, 0.29) is 11.7 Å². The highest BCUT2D eigenvalue weighted by Crippen LogP contribution is 2.26. The zero-order valence-corrected chi connectivity index (χ0v) is 25.6. The lowest BCUT2D eigenvalue weighted by Gasteiger charge is -2.37. The molecule has 0 saturated carbocycles. The minimum Gasteiger partial charge on any atom is -0.378 e. The van der Waals surface area contributed by atoms with Gasteiger partial charge in [0.1, 0.15) is 5.82 Å². The number of piperazine rings is 1. The second kappa shape index (κ2) is 13.4. The lowest BCUT2D eigenvalue weighted by Crippen LogP contribution is -2.51. The van der Waals surface area contributed by atoms with Gasteiger partial charge < -0.3 is 29.2 Å². The summed E-state index contributed by atoms with van der Waals surface area (Å²) in [6, 6.07) is 22.4. The van der Waals surface area contributed by atoms with Gasteiger partial charge in [-0.1, -0.05) is 6.07 Å². The summed E-state index contributed by atoms with van der Waals surface area (Å²) in [5.41, 5.74) is 6.80. The number of morpholine rings is 2. The number of rotatable bonds is 8. The Hall–Kier alpha value is -4.25. The van der Waals surface area contributed by atoms with Crippen molar-refractivity contribution in [2.24, 2.45) is 0 Å². The molecule has 45 heavy (non-hydrogen) atoms. The van der Waals surface area contributed by atoms with Gasteiger partial charge in [-0.2, -0.15) is 0 Å². The van der Waals surface area contributed by atoms with Crippen LogP contribution in [0.25, 0.3) is 22.4 Å². The Kier molecular flexibility index (Phi) is 8.77. The molecule has 3 aliphatic rings. The molecule has 0 unspecified atom stereocenters. The third-order valence-electron chi connectivity index (χ3n) is 9.08. The van der Waals surface area contributed by atoms with E-state index in [1.807, 2.05) is 47.4 Å². The van der Waals surface area contributed by atoms with Crippen molar-refractivity contribution < 1.29 is 19.1 Å². The SMILES string of the molecule is O=C(Cc1ccc2nc(-c3ccc(N4CCN(CC(=O)N5CCOCC5)CC4)cc3)[nH]c2c1)c1ccc(N2CCOCC2)cc1. The first kappa shape index (κ1) is 29.5. The van der Waals surface area contributed by atoms with Gasteiger partial charge in [0, 0.05) is 81.3 Å². The predicted octanol–water partition coefficient (Wildman–Crippen LogP) is 3.47. The number of benzene rings is 3. The molecule has 4 heterocycles. The number of nitrogens with one attached hydrogen (secondary N) is 1. The van der Waals surface area contributed by atoms with Crippen LogP contribution in [0, 0.1) is 0 Å². The van der Waals surface area contributed by atoms with E-state index >= 15 is 0 Å². The number of amides is 1. The highest BCUT2D eigenvalue weighted by atomic mass is 16.5. The Morgan fingerprint density at radius 3 is 2.02 bits per heavy atom. The number of aromatic amines is 1. The Morgan fingerprint density at radius 2 is 1.33 bits per heavy atom. The van der Waals surface area contributed by atoms with E-state index in [0.717, 1.165) is 91.7 Å². The van der Waals surface area contributed by atoms with Crippen molar-refractivity contribution in [1.82, 2.24) is 19.8 Å². The molecule has 234 valence electrons. The zero-order chi connectivity index (χ0) is 30.6. The first-order chi connectivity index (χ1) is 22.1. The molecule has 1 N–H and O–H groups in total. The van der Waals surface area contributed by atoms with E-state index in [1.165, 1.54) is 5.69 Å². The summed E-state index contributed by atoms with van der Waals surface area (Å²) in [5, 5.41) is 0. The van der Waals surface area contributed by atoms with Gasteiger partial charge in [-0.3, -0.25) is 14.5 Å². The van der Waals surface area contributed by atoms with Crippen molar-refractivity contribution in [1.29, 1.82) is 0 Å². The Morgan fingerprint density at radius 1 is 0.711 bits per heavy atom. The molecule has 3 saturated heterocycles. The van der Waals surface area contributed by atoms with Crippen LogP contribution in [0.2, 0.25) is 0 Å². The molecule has 1 aromatic heterocycles. The standard InChI is InChI=1S/C35H40N6O4/c42-33(27-2-6-30(7-3-27)40-15-19-44-20-16-40)24-26-1-10-31-32(23-26)37-35(36-31)28-4-8-29(9-5-28)39-13-11-38(12-14-39)25-34(43)41-17-21-45-22-18-41/h1-10,23H,11-22,24-25H2,(H,36,37). The first-order valence-electron chi connectivity index (χ1n) is 16.0. The lowest BCUT2D eigenvalue weighted by atomic mass is 10.0. The number of hydrogen-bond acceptors (Lipinski definition) is 8. The molecule has 3 aliphatic heterocycles. The van der Waals surface area contributed by atoms with Crippen LogP contribution < -0.4 is 9.80 Å². The minimum absolute atomic E-state index is 0.0998. The van der Waals surface area contributed by atoms with E-state index in [2.05, 4.69) is 43.9 Å². The highest BCUT2D eigenvalue weighted by molar-refractivity contribution is 5.98. The zero-order valence-electron chi connectivity index (χ0n) is 25.6. The van der Waals surface area contributed by atoms with Crippen LogP contribution in [-0.2, 0) is 20.7 Å².